The molecule has 1 aliphatic heterocycles. The van der Waals surface area contributed by atoms with Gasteiger partial charge in [0.15, 0.2) is 11.6 Å². The van der Waals surface area contributed by atoms with Gasteiger partial charge in [0, 0.05) is 47.4 Å². The van der Waals surface area contributed by atoms with Crippen LogP contribution in [0.3, 0.4) is 0 Å². The Hall–Kier alpha value is -1.78. The van der Waals surface area contributed by atoms with Crippen molar-refractivity contribution < 1.29 is 19.4 Å². The van der Waals surface area contributed by atoms with E-state index >= 15 is 0 Å². The van der Waals surface area contributed by atoms with Gasteiger partial charge in [0.25, 0.3) is 0 Å². The van der Waals surface area contributed by atoms with Crippen molar-refractivity contribution in [2.75, 3.05) is 0 Å². The highest BCUT2D eigenvalue weighted by atomic mass is 35.5. The second-order valence-electron chi connectivity index (χ2n) is 9.92. The predicted octanol–water partition coefficient (Wildman–Crippen LogP) is 6.31. The highest BCUT2D eigenvalue weighted by Gasteiger charge is 2.47. The van der Waals surface area contributed by atoms with Crippen LogP contribution in [-0.2, 0) is 9.59 Å². The summed E-state index contributed by atoms with van der Waals surface area (Å²) in [5.41, 5.74) is 0.688. The Kier molecular flexibility index (Phi) is 4.67. The van der Waals surface area contributed by atoms with E-state index in [2.05, 4.69) is 0 Å². The van der Waals surface area contributed by atoms with Crippen LogP contribution in [0.15, 0.2) is 34.8 Å². The summed E-state index contributed by atoms with van der Waals surface area (Å²) >= 11 is 12.7. The fourth-order valence-corrected chi connectivity index (χ4v) is 5.35. The van der Waals surface area contributed by atoms with Crippen LogP contribution in [0, 0.1) is 10.8 Å². The second-order valence-corrected chi connectivity index (χ2v) is 10.8. The maximum absolute atomic E-state index is 13.2. The second kappa shape index (κ2) is 6.61. The first-order valence-electron chi connectivity index (χ1n) is 9.77. The molecular formula is C23H24Cl2O4. The van der Waals surface area contributed by atoms with Crippen molar-refractivity contribution in [1.82, 2.24) is 0 Å². The molecule has 29 heavy (non-hydrogen) atoms. The van der Waals surface area contributed by atoms with Gasteiger partial charge < -0.3 is 9.84 Å². The van der Waals surface area contributed by atoms with Crippen molar-refractivity contribution in [2.45, 2.75) is 59.3 Å². The molecule has 4 rings (SSSR count). The van der Waals surface area contributed by atoms with Crippen molar-refractivity contribution >= 4 is 34.8 Å². The van der Waals surface area contributed by atoms with Crippen LogP contribution >= 0.6 is 23.2 Å². The molecule has 1 aromatic rings. The molecule has 0 radical (unpaired) electrons. The molecule has 0 fully saturated rings. The molecule has 0 amide bonds. The zero-order valence-corrected chi connectivity index (χ0v) is 18.5. The summed E-state index contributed by atoms with van der Waals surface area (Å²) in [4.78, 5) is 26.3. The fourth-order valence-electron chi connectivity index (χ4n) is 4.80. The van der Waals surface area contributed by atoms with E-state index in [1.807, 2.05) is 27.7 Å². The van der Waals surface area contributed by atoms with Gasteiger partial charge in [0.2, 0.25) is 0 Å². The molecule has 0 saturated heterocycles. The molecule has 154 valence electrons. The van der Waals surface area contributed by atoms with Crippen LogP contribution in [-0.4, -0.2) is 16.7 Å². The average Bonchev–Trinajstić information content (AvgIpc) is 2.52. The Labute approximate surface area is 180 Å². The number of fused-ring (bicyclic) bond motifs is 1. The molecule has 3 aliphatic rings. The minimum atomic E-state index is -0.711. The number of allylic oxidation sites excluding steroid dienone is 4. The number of ketones is 2. The number of hydrogen-bond donors (Lipinski definition) is 1. The van der Waals surface area contributed by atoms with Gasteiger partial charge in [-0.15, -0.1) is 0 Å². The Balaban J connectivity index is 1.99. The molecule has 0 bridgehead atoms. The topological polar surface area (TPSA) is 63.6 Å². The van der Waals surface area contributed by atoms with Crippen LogP contribution in [0.1, 0.15) is 64.9 Å². The van der Waals surface area contributed by atoms with Gasteiger partial charge in [-0.1, -0.05) is 50.9 Å². The van der Waals surface area contributed by atoms with Crippen LogP contribution in [0.5, 0.6) is 5.75 Å². The average molecular weight is 435 g/mol. The zero-order chi connectivity index (χ0) is 21.3. The minimum Gasteiger partial charge on any atom is -0.512 e. The van der Waals surface area contributed by atoms with Crippen molar-refractivity contribution in [2.24, 2.45) is 10.8 Å². The quantitative estimate of drug-likeness (QED) is 0.561. The van der Waals surface area contributed by atoms with E-state index in [0.717, 1.165) is 0 Å². The molecule has 2 aliphatic carbocycles. The third kappa shape index (κ3) is 3.51. The summed E-state index contributed by atoms with van der Waals surface area (Å²) < 4.78 is 6.11. The molecule has 1 atom stereocenters. The monoisotopic (exact) mass is 434 g/mol. The number of benzene rings is 1. The van der Waals surface area contributed by atoms with Crippen LogP contribution < -0.4 is 4.74 Å². The Morgan fingerprint density at radius 2 is 1.52 bits per heavy atom. The number of hydrogen-bond acceptors (Lipinski definition) is 4. The normalized spacial score (nSPS) is 25.5. The molecule has 0 aromatic heterocycles. The Bertz CT molecular complexity index is 1010. The van der Waals surface area contributed by atoms with Gasteiger partial charge in [-0.3, -0.25) is 9.59 Å². The van der Waals surface area contributed by atoms with Crippen molar-refractivity contribution in [3.63, 3.8) is 0 Å². The number of carbonyl (C=O) groups excluding carboxylic acids is 2. The smallest absolute Gasteiger partial charge is 0.163 e. The van der Waals surface area contributed by atoms with Crippen molar-refractivity contribution in [3.8, 4) is 5.75 Å². The van der Waals surface area contributed by atoms with E-state index in [0.29, 0.717) is 58.4 Å². The van der Waals surface area contributed by atoms with Crippen LogP contribution in [0.4, 0.5) is 0 Å². The minimum absolute atomic E-state index is 0.0321. The van der Waals surface area contributed by atoms with Gasteiger partial charge in [-0.2, -0.15) is 0 Å². The largest absolute Gasteiger partial charge is 0.512 e. The lowest BCUT2D eigenvalue weighted by Crippen LogP contribution is -2.36. The van der Waals surface area contributed by atoms with Gasteiger partial charge in [-0.05, 0) is 23.0 Å². The van der Waals surface area contributed by atoms with E-state index < -0.39 is 5.92 Å². The molecule has 0 spiro atoms. The van der Waals surface area contributed by atoms with E-state index in [4.69, 9.17) is 27.9 Å². The summed E-state index contributed by atoms with van der Waals surface area (Å²) in [5, 5.41) is 11.6. The highest BCUT2D eigenvalue weighted by Crippen LogP contribution is 2.54. The standard InChI is InChI=1S/C23H24Cl2O4/c1-22(2)7-14(26)19(15(27)8-22)18-12-5-11(24)6-13(25)21(12)29-17-10-23(3,4)9-16(28)20(17)18/h5-6,18,26H,7-10H2,1-4H3/t18-/m1/s1. The molecule has 6 heteroatoms. The Morgan fingerprint density at radius 1 is 0.931 bits per heavy atom. The van der Waals surface area contributed by atoms with Gasteiger partial charge >= 0.3 is 0 Å². The number of aliphatic hydroxyl groups excluding tert-OH is 1. The first kappa shape index (κ1) is 20.5. The van der Waals surface area contributed by atoms with Crippen molar-refractivity contribution in [1.29, 1.82) is 0 Å². The third-order valence-corrected chi connectivity index (χ3v) is 6.43. The molecule has 1 aromatic carbocycles. The number of rotatable bonds is 1. The van der Waals surface area contributed by atoms with E-state index in [-0.39, 0.29) is 33.7 Å². The van der Waals surface area contributed by atoms with Gasteiger partial charge in [0.1, 0.15) is 17.3 Å². The molecule has 0 saturated carbocycles. The maximum atomic E-state index is 13.2. The number of halogens is 2. The summed E-state index contributed by atoms with van der Waals surface area (Å²) in [6.07, 6.45) is 1.58. The maximum Gasteiger partial charge on any atom is 0.163 e. The molecule has 4 nitrogen and oxygen atoms in total. The number of carbonyl (C=O) groups is 2. The number of ether oxygens (including phenoxy) is 1. The SMILES string of the molecule is CC1(C)CC(=O)C([C@@H]2C3=C(CC(C)(C)CC3=O)Oc3c(Cl)cc(Cl)cc32)=C(O)C1. The van der Waals surface area contributed by atoms with Crippen molar-refractivity contribution in [3.05, 3.63) is 50.4 Å². The van der Waals surface area contributed by atoms with E-state index in [1.54, 1.807) is 12.1 Å². The third-order valence-electron chi connectivity index (χ3n) is 5.93. The first-order chi connectivity index (χ1) is 13.4. The fraction of sp³-hybridized carbons (Fsp3) is 0.478. The zero-order valence-electron chi connectivity index (χ0n) is 17.0. The lowest BCUT2D eigenvalue weighted by Gasteiger charge is -2.40. The van der Waals surface area contributed by atoms with Gasteiger partial charge in [-0.25, -0.2) is 0 Å². The summed E-state index contributed by atoms with van der Waals surface area (Å²) in [7, 11) is 0. The number of Topliss-reactive ketones (excluding diaryl/α,β-unsaturated/α-hetero) is 2. The predicted molar refractivity (Wildman–Crippen MR) is 113 cm³/mol. The highest BCUT2D eigenvalue weighted by molar-refractivity contribution is 6.35. The summed E-state index contributed by atoms with van der Waals surface area (Å²) in [6, 6.07) is 3.26. The van der Waals surface area contributed by atoms with E-state index in [9.17, 15) is 14.7 Å². The van der Waals surface area contributed by atoms with Gasteiger partial charge in [0.05, 0.1) is 10.9 Å². The lowest BCUT2D eigenvalue weighted by molar-refractivity contribution is -0.119. The Morgan fingerprint density at radius 3 is 2.14 bits per heavy atom. The molecular weight excluding hydrogens is 411 g/mol. The van der Waals surface area contributed by atoms with Crippen LogP contribution in [0.25, 0.3) is 0 Å². The molecule has 1 heterocycles. The lowest BCUT2D eigenvalue weighted by atomic mass is 9.66. The van der Waals surface area contributed by atoms with Crippen LogP contribution in [0.2, 0.25) is 10.0 Å². The summed E-state index contributed by atoms with van der Waals surface area (Å²) in [6.45, 7) is 7.92. The molecule has 1 N–H and O–H groups in total. The molecule has 0 unspecified atom stereocenters. The first-order valence-corrected chi connectivity index (χ1v) is 10.5. The summed E-state index contributed by atoms with van der Waals surface area (Å²) in [5.74, 6) is 0.0362. The number of aliphatic hydroxyl groups is 1. The van der Waals surface area contributed by atoms with E-state index in [1.165, 1.54) is 0 Å².